The van der Waals surface area contributed by atoms with Crippen LogP contribution in [0.4, 0.5) is 0 Å². The molecule has 0 aliphatic rings. The zero-order valence-corrected chi connectivity index (χ0v) is 11.1. The number of rotatable bonds is 7. The van der Waals surface area contributed by atoms with Crippen molar-refractivity contribution < 1.29 is 5.11 Å². The molecule has 18 heavy (non-hydrogen) atoms. The van der Waals surface area contributed by atoms with Gasteiger partial charge in [0.15, 0.2) is 0 Å². The van der Waals surface area contributed by atoms with E-state index in [9.17, 15) is 0 Å². The minimum Gasteiger partial charge on any atom is -0.396 e. The molecule has 0 spiro atoms. The van der Waals surface area contributed by atoms with Crippen LogP contribution in [0.5, 0.6) is 0 Å². The topological polar surface area (TPSA) is 56.0 Å². The molecule has 0 bridgehead atoms. The summed E-state index contributed by atoms with van der Waals surface area (Å²) in [6.07, 6.45) is 1.16. The van der Waals surface area contributed by atoms with Crippen LogP contribution < -0.4 is 5.32 Å². The third-order valence-corrected chi connectivity index (χ3v) is 3.16. The molecule has 0 fully saturated rings. The summed E-state index contributed by atoms with van der Waals surface area (Å²) in [7, 11) is 0. The van der Waals surface area contributed by atoms with Gasteiger partial charge in [0.25, 0.3) is 0 Å². The van der Waals surface area contributed by atoms with Crippen LogP contribution in [0.15, 0.2) is 30.3 Å². The minimum atomic E-state index is 0.0372. The molecule has 0 aliphatic heterocycles. The number of nitrogens with zero attached hydrogens (tertiary/aromatic N) is 1. The van der Waals surface area contributed by atoms with E-state index in [1.807, 2.05) is 30.3 Å². The highest BCUT2D eigenvalue weighted by molar-refractivity contribution is 5.20. The maximum absolute atomic E-state index is 9.09. The van der Waals surface area contributed by atoms with Crippen molar-refractivity contribution in [2.45, 2.75) is 38.8 Å². The van der Waals surface area contributed by atoms with Gasteiger partial charge < -0.3 is 10.4 Å². The van der Waals surface area contributed by atoms with Gasteiger partial charge in [-0.1, -0.05) is 44.2 Å². The summed E-state index contributed by atoms with van der Waals surface area (Å²) in [5.74, 6) is 0.432. The van der Waals surface area contributed by atoms with Crippen molar-refractivity contribution in [1.82, 2.24) is 5.32 Å². The molecule has 0 saturated heterocycles. The average Bonchev–Trinajstić information content (AvgIpc) is 2.38. The van der Waals surface area contributed by atoms with Crippen LogP contribution in [-0.4, -0.2) is 17.8 Å². The number of nitrogens with one attached hydrogen (secondary N) is 1. The number of hydrogen-bond acceptors (Lipinski definition) is 3. The normalized spacial score (nSPS) is 14.2. The summed E-state index contributed by atoms with van der Waals surface area (Å²) in [5, 5.41) is 21.5. The molecule has 0 amide bonds. The van der Waals surface area contributed by atoms with E-state index in [2.05, 4.69) is 25.2 Å². The van der Waals surface area contributed by atoms with E-state index in [0.29, 0.717) is 18.8 Å². The van der Waals surface area contributed by atoms with Crippen molar-refractivity contribution >= 4 is 0 Å². The average molecular weight is 246 g/mol. The first-order valence-corrected chi connectivity index (χ1v) is 6.47. The quantitative estimate of drug-likeness (QED) is 0.777. The molecule has 3 heteroatoms. The van der Waals surface area contributed by atoms with Crippen molar-refractivity contribution in [3.63, 3.8) is 0 Å². The Morgan fingerprint density at radius 1 is 1.28 bits per heavy atom. The predicted octanol–water partition coefficient (Wildman–Crippen LogP) is 2.64. The van der Waals surface area contributed by atoms with Crippen molar-refractivity contribution in [1.29, 1.82) is 5.26 Å². The molecule has 98 valence electrons. The number of aliphatic hydroxyl groups excluding tert-OH is 1. The molecule has 2 atom stereocenters. The molecule has 0 heterocycles. The van der Waals surface area contributed by atoms with Gasteiger partial charge in [0.1, 0.15) is 0 Å². The van der Waals surface area contributed by atoms with Crippen LogP contribution in [0.3, 0.4) is 0 Å². The maximum Gasteiger partial charge on any atom is 0.0641 e. The monoisotopic (exact) mass is 246 g/mol. The molecule has 0 aromatic heterocycles. The molecule has 0 aliphatic carbocycles. The van der Waals surface area contributed by atoms with Gasteiger partial charge in [-0.05, 0) is 17.9 Å². The predicted molar refractivity (Wildman–Crippen MR) is 72.9 cm³/mol. The molecule has 1 rings (SSSR count). The Morgan fingerprint density at radius 2 is 1.94 bits per heavy atom. The fraction of sp³-hybridized carbons (Fsp3) is 0.533. The SMILES string of the molecule is CC(C)C(CCO)NC(CC#N)c1ccccc1. The second-order valence-corrected chi connectivity index (χ2v) is 4.85. The van der Waals surface area contributed by atoms with Crippen molar-refractivity contribution in [3.8, 4) is 6.07 Å². The van der Waals surface area contributed by atoms with E-state index in [1.165, 1.54) is 0 Å². The van der Waals surface area contributed by atoms with E-state index in [0.717, 1.165) is 5.56 Å². The van der Waals surface area contributed by atoms with Crippen LogP contribution in [0.25, 0.3) is 0 Å². The summed E-state index contributed by atoms with van der Waals surface area (Å²) in [5.41, 5.74) is 1.13. The molecule has 0 radical (unpaired) electrons. The second kappa shape index (κ2) is 7.86. The summed E-state index contributed by atoms with van der Waals surface area (Å²) in [4.78, 5) is 0. The Labute approximate surface area is 109 Å². The molecule has 1 aromatic rings. The van der Waals surface area contributed by atoms with Crippen LogP contribution in [0.2, 0.25) is 0 Å². The lowest BCUT2D eigenvalue weighted by Crippen LogP contribution is -2.37. The van der Waals surface area contributed by atoms with Gasteiger partial charge in [-0.3, -0.25) is 0 Å². The number of aliphatic hydroxyl groups is 1. The highest BCUT2D eigenvalue weighted by Gasteiger charge is 2.18. The minimum absolute atomic E-state index is 0.0372. The van der Waals surface area contributed by atoms with E-state index in [-0.39, 0.29) is 18.7 Å². The molecular weight excluding hydrogens is 224 g/mol. The Bertz CT molecular complexity index is 370. The second-order valence-electron chi connectivity index (χ2n) is 4.85. The molecule has 2 unspecified atom stereocenters. The third kappa shape index (κ3) is 4.48. The standard InChI is InChI=1S/C15H22N2O/c1-12(2)14(9-11-18)17-15(8-10-16)13-6-4-3-5-7-13/h3-7,12,14-15,17-18H,8-9,11H2,1-2H3. The number of hydrogen-bond donors (Lipinski definition) is 2. The van der Waals surface area contributed by atoms with E-state index < -0.39 is 0 Å². The highest BCUT2D eigenvalue weighted by atomic mass is 16.3. The van der Waals surface area contributed by atoms with Crippen LogP contribution >= 0.6 is 0 Å². The molecule has 2 N–H and O–H groups in total. The Balaban J connectivity index is 2.76. The number of nitriles is 1. The highest BCUT2D eigenvalue weighted by Crippen LogP contribution is 2.19. The lowest BCUT2D eigenvalue weighted by Gasteiger charge is -2.27. The van der Waals surface area contributed by atoms with E-state index >= 15 is 0 Å². The van der Waals surface area contributed by atoms with Crippen LogP contribution in [0.1, 0.15) is 38.3 Å². The first kappa shape index (κ1) is 14.7. The van der Waals surface area contributed by atoms with Gasteiger partial charge in [0.2, 0.25) is 0 Å². The van der Waals surface area contributed by atoms with Crippen molar-refractivity contribution in [2.24, 2.45) is 5.92 Å². The van der Waals surface area contributed by atoms with Gasteiger partial charge in [0, 0.05) is 18.7 Å². The van der Waals surface area contributed by atoms with Gasteiger partial charge >= 0.3 is 0 Å². The van der Waals surface area contributed by atoms with Crippen LogP contribution in [0, 0.1) is 17.2 Å². The van der Waals surface area contributed by atoms with E-state index in [4.69, 9.17) is 10.4 Å². The smallest absolute Gasteiger partial charge is 0.0641 e. The summed E-state index contributed by atoms with van der Waals surface area (Å²) in [6, 6.07) is 12.5. The van der Waals surface area contributed by atoms with Gasteiger partial charge in [-0.15, -0.1) is 0 Å². The lowest BCUT2D eigenvalue weighted by molar-refractivity contribution is 0.235. The van der Waals surface area contributed by atoms with Crippen LogP contribution in [-0.2, 0) is 0 Å². The molecule has 0 saturated carbocycles. The van der Waals surface area contributed by atoms with Gasteiger partial charge in [0.05, 0.1) is 12.5 Å². The van der Waals surface area contributed by atoms with Crippen molar-refractivity contribution in [3.05, 3.63) is 35.9 Å². The molecule has 3 nitrogen and oxygen atoms in total. The summed E-state index contributed by atoms with van der Waals surface area (Å²) < 4.78 is 0. The molecular formula is C15H22N2O. The largest absolute Gasteiger partial charge is 0.396 e. The Kier molecular flexibility index (Phi) is 6.42. The first-order chi connectivity index (χ1) is 8.69. The zero-order chi connectivity index (χ0) is 13.4. The fourth-order valence-electron chi connectivity index (χ4n) is 2.06. The summed E-state index contributed by atoms with van der Waals surface area (Å²) in [6.45, 7) is 4.42. The van der Waals surface area contributed by atoms with Gasteiger partial charge in [-0.25, -0.2) is 0 Å². The van der Waals surface area contributed by atoms with Gasteiger partial charge in [-0.2, -0.15) is 5.26 Å². The Hall–Kier alpha value is -1.37. The molecule has 1 aromatic carbocycles. The fourth-order valence-corrected chi connectivity index (χ4v) is 2.06. The van der Waals surface area contributed by atoms with E-state index in [1.54, 1.807) is 0 Å². The zero-order valence-electron chi connectivity index (χ0n) is 11.1. The van der Waals surface area contributed by atoms with Crippen molar-refractivity contribution in [2.75, 3.05) is 6.61 Å². The summed E-state index contributed by atoms with van der Waals surface area (Å²) >= 11 is 0. The lowest BCUT2D eigenvalue weighted by atomic mass is 9.97. The third-order valence-electron chi connectivity index (χ3n) is 3.16. The first-order valence-electron chi connectivity index (χ1n) is 6.47. The number of benzene rings is 1. The maximum atomic E-state index is 9.09. The Morgan fingerprint density at radius 3 is 2.44 bits per heavy atom.